The zero-order valence-electron chi connectivity index (χ0n) is 10.5. The summed E-state index contributed by atoms with van der Waals surface area (Å²) < 4.78 is 23.2. The average molecular weight is 256 g/mol. The molecule has 6 heteroatoms. The molecule has 0 fully saturated rings. The van der Waals surface area contributed by atoms with Gasteiger partial charge in [0.05, 0.1) is 12.7 Å². The van der Waals surface area contributed by atoms with Crippen LogP contribution in [0.3, 0.4) is 0 Å². The normalized spacial score (nSPS) is 10.7. The molecule has 0 radical (unpaired) electrons. The molecule has 0 saturated heterocycles. The molecule has 1 aromatic heterocycles. The minimum absolute atomic E-state index is 0.156. The Labute approximate surface area is 105 Å². The van der Waals surface area contributed by atoms with Crippen LogP contribution in [0.5, 0.6) is 0 Å². The van der Waals surface area contributed by atoms with Crippen LogP contribution in [0.15, 0.2) is 18.3 Å². The van der Waals surface area contributed by atoms with Crippen LogP contribution in [0.25, 0.3) is 0 Å². The summed E-state index contributed by atoms with van der Waals surface area (Å²) in [6.07, 6.45) is 0.515. The van der Waals surface area contributed by atoms with Gasteiger partial charge in [-0.1, -0.05) is 0 Å². The number of rotatable bonds is 7. The number of hydrogen-bond acceptors (Lipinski definition) is 4. The summed E-state index contributed by atoms with van der Waals surface area (Å²) in [5.74, 6) is -0.868. The predicted octanol–water partition coefficient (Wildman–Crippen LogP) is 1.35. The van der Waals surface area contributed by atoms with Crippen molar-refractivity contribution in [3.8, 4) is 0 Å². The number of halogens is 1. The number of pyridine rings is 1. The van der Waals surface area contributed by atoms with Crippen molar-refractivity contribution in [1.82, 2.24) is 10.3 Å². The Morgan fingerprint density at radius 1 is 1.39 bits per heavy atom. The number of aromatic nitrogens is 1. The molecule has 0 unspecified atom stereocenters. The van der Waals surface area contributed by atoms with Crippen molar-refractivity contribution in [3.63, 3.8) is 0 Å². The van der Waals surface area contributed by atoms with Crippen LogP contribution >= 0.6 is 0 Å². The van der Waals surface area contributed by atoms with E-state index in [1.54, 1.807) is 0 Å². The Bertz CT molecular complexity index is 364. The smallest absolute Gasteiger partial charge is 0.270 e. The van der Waals surface area contributed by atoms with Gasteiger partial charge in [-0.25, -0.2) is 9.37 Å². The van der Waals surface area contributed by atoms with E-state index in [1.165, 1.54) is 12.1 Å². The Morgan fingerprint density at radius 3 is 2.56 bits per heavy atom. The van der Waals surface area contributed by atoms with Crippen LogP contribution in [0.2, 0.25) is 0 Å². The summed E-state index contributed by atoms with van der Waals surface area (Å²) >= 11 is 0. The van der Waals surface area contributed by atoms with E-state index in [4.69, 9.17) is 9.47 Å². The van der Waals surface area contributed by atoms with E-state index in [2.05, 4.69) is 10.3 Å². The highest BCUT2D eigenvalue weighted by atomic mass is 19.1. The molecule has 5 nitrogen and oxygen atoms in total. The van der Waals surface area contributed by atoms with Crippen LogP contribution < -0.4 is 5.32 Å². The van der Waals surface area contributed by atoms with Gasteiger partial charge in [-0.05, 0) is 26.0 Å². The maximum atomic E-state index is 12.6. The highest BCUT2D eigenvalue weighted by Crippen LogP contribution is 1.99. The zero-order chi connectivity index (χ0) is 13.4. The molecule has 0 saturated carbocycles. The number of amides is 1. The van der Waals surface area contributed by atoms with Crippen LogP contribution in [-0.2, 0) is 9.47 Å². The molecule has 1 rings (SSSR count). The summed E-state index contributed by atoms with van der Waals surface area (Å²) in [5, 5.41) is 2.61. The molecule has 0 aliphatic heterocycles. The van der Waals surface area contributed by atoms with Gasteiger partial charge in [-0.2, -0.15) is 0 Å². The van der Waals surface area contributed by atoms with E-state index in [-0.39, 0.29) is 18.1 Å². The minimum Gasteiger partial charge on any atom is -0.351 e. The third-order valence-electron chi connectivity index (χ3n) is 2.09. The van der Waals surface area contributed by atoms with Gasteiger partial charge in [0, 0.05) is 13.2 Å². The summed E-state index contributed by atoms with van der Waals surface area (Å²) in [7, 11) is 0. The topological polar surface area (TPSA) is 60.5 Å². The second-order valence-corrected chi connectivity index (χ2v) is 3.41. The minimum atomic E-state index is -0.482. The predicted molar refractivity (Wildman–Crippen MR) is 63.6 cm³/mol. The third kappa shape index (κ3) is 4.77. The highest BCUT2D eigenvalue weighted by Gasteiger charge is 2.12. The Balaban J connectivity index is 2.46. The maximum Gasteiger partial charge on any atom is 0.270 e. The number of nitrogens with zero attached hydrogens (tertiary/aromatic N) is 1. The van der Waals surface area contributed by atoms with Gasteiger partial charge in [0.15, 0.2) is 6.29 Å². The van der Waals surface area contributed by atoms with Crippen molar-refractivity contribution in [3.05, 3.63) is 29.8 Å². The molecule has 0 aliphatic rings. The molecule has 100 valence electrons. The summed E-state index contributed by atoms with van der Waals surface area (Å²) in [5.41, 5.74) is 0.156. The molecule has 0 aromatic carbocycles. The van der Waals surface area contributed by atoms with Crippen LogP contribution in [0.1, 0.15) is 24.3 Å². The fourth-order valence-electron chi connectivity index (χ4n) is 1.31. The molecule has 1 aromatic rings. The average Bonchev–Trinajstić information content (AvgIpc) is 2.37. The molecule has 0 spiro atoms. The molecule has 0 bridgehead atoms. The quantitative estimate of drug-likeness (QED) is 0.748. The fourth-order valence-corrected chi connectivity index (χ4v) is 1.31. The van der Waals surface area contributed by atoms with Gasteiger partial charge in [0.2, 0.25) is 0 Å². The SMILES string of the molecule is CCOC(CNC(=O)c1ccc(F)cn1)OCC. The summed E-state index contributed by atoms with van der Waals surface area (Å²) in [6.45, 7) is 4.90. The van der Waals surface area contributed by atoms with Crippen molar-refractivity contribution in [2.45, 2.75) is 20.1 Å². The van der Waals surface area contributed by atoms with Gasteiger partial charge < -0.3 is 14.8 Å². The van der Waals surface area contributed by atoms with Crippen LogP contribution in [0, 0.1) is 5.82 Å². The summed E-state index contributed by atoms with van der Waals surface area (Å²) in [6, 6.07) is 2.51. The number of hydrogen-bond donors (Lipinski definition) is 1. The third-order valence-corrected chi connectivity index (χ3v) is 2.09. The number of ether oxygens (including phenoxy) is 2. The molecule has 18 heavy (non-hydrogen) atoms. The van der Waals surface area contributed by atoms with E-state index in [0.717, 1.165) is 6.20 Å². The van der Waals surface area contributed by atoms with Gasteiger partial charge in [0.1, 0.15) is 11.5 Å². The molecule has 1 amide bonds. The second-order valence-electron chi connectivity index (χ2n) is 3.41. The lowest BCUT2D eigenvalue weighted by atomic mass is 10.3. The maximum absolute atomic E-state index is 12.6. The first-order chi connectivity index (χ1) is 8.67. The van der Waals surface area contributed by atoms with Gasteiger partial charge in [0.25, 0.3) is 5.91 Å². The molecule has 0 aliphatic carbocycles. The Hall–Kier alpha value is -1.53. The number of carbonyl (C=O) groups is 1. The largest absolute Gasteiger partial charge is 0.351 e. The first-order valence-electron chi connectivity index (χ1n) is 5.80. The standard InChI is InChI=1S/C12H17FN2O3/c1-3-17-11(18-4-2)8-15-12(16)10-6-5-9(13)7-14-10/h5-7,11H,3-4,8H2,1-2H3,(H,15,16). The van der Waals surface area contributed by atoms with E-state index < -0.39 is 12.1 Å². The monoisotopic (exact) mass is 256 g/mol. The number of nitrogens with one attached hydrogen (secondary N) is 1. The Morgan fingerprint density at radius 2 is 2.06 bits per heavy atom. The first kappa shape index (κ1) is 14.5. The van der Waals surface area contributed by atoms with Crippen molar-refractivity contribution in [1.29, 1.82) is 0 Å². The second kappa shape index (κ2) is 7.73. The van der Waals surface area contributed by atoms with Gasteiger partial charge in [-0.15, -0.1) is 0 Å². The lowest BCUT2D eigenvalue weighted by Crippen LogP contribution is -2.35. The number of carbonyl (C=O) groups excluding carboxylic acids is 1. The van der Waals surface area contributed by atoms with Gasteiger partial charge in [-0.3, -0.25) is 4.79 Å². The van der Waals surface area contributed by atoms with E-state index in [9.17, 15) is 9.18 Å². The first-order valence-corrected chi connectivity index (χ1v) is 5.80. The molecule has 0 atom stereocenters. The molecule has 1 heterocycles. The van der Waals surface area contributed by atoms with Crippen LogP contribution in [0.4, 0.5) is 4.39 Å². The lowest BCUT2D eigenvalue weighted by molar-refractivity contribution is -0.131. The van der Waals surface area contributed by atoms with Crippen molar-refractivity contribution < 1.29 is 18.7 Å². The molecule has 1 N–H and O–H groups in total. The Kier molecular flexibility index (Phi) is 6.24. The zero-order valence-corrected chi connectivity index (χ0v) is 10.5. The van der Waals surface area contributed by atoms with Crippen LogP contribution in [-0.4, -0.2) is 36.9 Å². The van der Waals surface area contributed by atoms with E-state index >= 15 is 0 Å². The fraction of sp³-hybridized carbons (Fsp3) is 0.500. The van der Waals surface area contributed by atoms with Crippen molar-refractivity contribution >= 4 is 5.91 Å². The van der Waals surface area contributed by atoms with Crippen molar-refractivity contribution in [2.75, 3.05) is 19.8 Å². The summed E-state index contributed by atoms with van der Waals surface area (Å²) in [4.78, 5) is 15.3. The molecular weight excluding hydrogens is 239 g/mol. The van der Waals surface area contributed by atoms with Gasteiger partial charge >= 0.3 is 0 Å². The lowest BCUT2D eigenvalue weighted by Gasteiger charge is -2.17. The van der Waals surface area contributed by atoms with Crippen molar-refractivity contribution in [2.24, 2.45) is 0 Å². The van der Waals surface area contributed by atoms with E-state index in [0.29, 0.717) is 13.2 Å². The highest BCUT2D eigenvalue weighted by molar-refractivity contribution is 5.92. The van der Waals surface area contributed by atoms with E-state index in [1.807, 2.05) is 13.8 Å². The molecular formula is C12H17FN2O3.